The molecule has 126 valence electrons. The van der Waals surface area contributed by atoms with Crippen LogP contribution in [-0.2, 0) is 9.63 Å². The van der Waals surface area contributed by atoms with Crippen molar-refractivity contribution >= 4 is 12.1 Å². The second-order valence-corrected chi connectivity index (χ2v) is 5.91. The highest BCUT2D eigenvalue weighted by atomic mass is 16.6. The molecule has 23 heavy (non-hydrogen) atoms. The van der Waals surface area contributed by atoms with Crippen molar-refractivity contribution in [1.29, 1.82) is 0 Å². The standard InChI is InChI=1S/C18H26N2O3/c1-3-22-17-11-7-5-9-15(17)12-19-23-13-18(21)20-16-10-6-4-8-14(16)2/h5,7,9,11-12,14,16H,3-4,6,8,10,13H2,1-2H3,(H,20,21)/b19-12-/t14-,16-/m1/s1. The summed E-state index contributed by atoms with van der Waals surface area (Å²) in [6, 6.07) is 7.84. The van der Waals surface area contributed by atoms with Crippen LogP contribution in [0.5, 0.6) is 5.75 Å². The van der Waals surface area contributed by atoms with Crippen LogP contribution in [-0.4, -0.2) is 31.4 Å². The number of oxime groups is 1. The van der Waals surface area contributed by atoms with Gasteiger partial charge in [-0.05, 0) is 37.8 Å². The molecular formula is C18H26N2O3. The monoisotopic (exact) mass is 318 g/mol. The van der Waals surface area contributed by atoms with E-state index in [1.807, 2.05) is 31.2 Å². The van der Waals surface area contributed by atoms with Gasteiger partial charge in [-0.2, -0.15) is 0 Å². The molecule has 0 aromatic heterocycles. The molecule has 0 bridgehead atoms. The first-order valence-corrected chi connectivity index (χ1v) is 8.37. The third-order valence-electron chi connectivity index (χ3n) is 4.14. The van der Waals surface area contributed by atoms with Crippen LogP contribution in [0, 0.1) is 5.92 Å². The van der Waals surface area contributed by atoms with Crippen LogP contribution in [0.1, 0.15) is 45.1 Å². The molecule has 1 aromatic carbocycles. The van der Waals surface area contributed by atoms with E-state index >= 15 is 0 Å². The van der Waals surface area contributed by atoms with Crippen LogP contribution in [0.15, 0.2) is 29.4 Å². The molecule has 1 N–H and O–H groups in total. The smallest absolute Gasteiger partial charge is 0.261 e. The highest BCUT2D eigenvalue weighted by Crippen LogP contribution is 2.23. The van der Waals surface area contributed by atoms with Gasteiger partial charge in [-0.3, -0.25) is 4.79 Å². The molecule has 0 saturated heterocycles. The van der Waals surface area contributed by atoms with Crippen molar-refractivity contribution in [2.75, 3.05) is 13.2 Å². The van der Waals surface area contributed by atoms with E-state index in [0.717, 1.165) is 17.7 Å². The average molecular weight is 318 g/mol. The summed E-state index contributed by atoms with van der Waals surface area (Å²) in [5.74, 6) is 1.18. The Morgan fingerprint density at radius 1 is 1.35 bits per heavy atom. The topological polar surface area (TPSA) is 59.9 Å². The van der Waals surface area contributed by atoms with Crippen LogP contribution in [0.25, 0.3) is 0 Å². The minimum absolute atomic E-state index is 0.0590. The molecule has 1 aliphatic carbocycles. The van der Waals surface area contributed by atoms with Gasteiger partial charge in [-0.15, -0.1) is 0 Å². The van der Waals surface area contributed by atoms with Crippen molar-refractivity contribution in [3.63, 3.8) is 0 Å². The van der Waals surface area contributed by atoms with Gasteiger partial charge >= 0.3 is 0 Å². The van der Waals surface area contributed by atoms with Gasteiger partial charge in [0.15, 0.2) is 6.61 Å². The quantitative estimate of drug-likeness (QED) is 0.620. The molecule has 1 saturated carbocycles. The van der Waals surface area contributed by atoms with Crippen LogP contribution in [0.4, 0.5) is 0 Å². The Labute approximate surface area is 138 Å². The van der Waals surface area contributed by atoms with Crippen LogP contribution in [0.3, 0.4) is 0 Å². The molecule has 0 spiro atoms. The van der Waals surface area contributed by atoms with E-state index in [9.17, 15) is 4.79 Å². The Balaban J connectivity index is 1.76. The molecule has 0 radical (unpaired) electrons. The van der Waals surface area contributed by atoms with Gasteiger partial charge in [0.05, 0.1) is 12.8 Å². The lowest BCUT2D eigenvalue weighted by Gasteiger charge is -2.29. The lowest BCUT2D eigenvalue weighted by molar-refractivity contribution is -0.126. The van der Waals surface area contributed by atoms with Gasteiger partial charge in [-0.25, -0.2) is 0 Å². The number of carbonyl (C=O) groups is 1. The third-order valence-corrected chi connectivity index (χ3v) is 4.14. The largest absolute Gasteiger partial charge is 0.493 e. The van der Waals surface area contributed by atoms with Gasteiger partial charge in [-0.1, -0.05) is 37.1 Å². The molecule has 2 rings (SSSR count). The number of nitrogens with zero attached hydrogens (tertiary/aromatic N) is 1. The minimum atomic E-state index is -0.112. The predicted molar refractivity (Wildman–Crippen MR) is 90.7 cm³/mol. The normalized spacial score (nSPS) is 21.1. The number of nitrogens with one attached hydrogen (secondary N) is 1. The Morgan fingerprint density at radius 3 is 2.91 bits per heavy atom. The first-order chi connectivity index (χ1) is 11.2. The van der Waals surface area contributed by atoms with Gasteiger partial charge in [0.25, 0.3) is 5.91 Å². The molecular weight excluding hydrogens is 292 g/mol. The highest BCUT2D eigenvalue weighted by molar-refractivity contribution is 5.83. The highest BCUT2D eigenvalue weighted by Gasteiger charge is 2.22. The molecule has 0 aliphatic heterocycles. The zero-order valence-electron chi connectivity index (χ0n) is 14.0. The molecule has 5 nitrogen and oxygen atoms in total. The Kier molecular flexibility index (Phi) is 6.91. The van der Waals surface area contributed by atoms with Gasteiger partial charge < -0.3 is 14.9 Å². The first kappa shape index (κ1) is 17.3. The summed E-state index contributed by atoms with van der Waals surface area (Å²) in [6.07, 6.45) is 6.24. The van der Waals surface area contributed by atoms with Crippen molar-refractivity contribution in [2.45, 2.75) is 45.6 Å². The number of carbonyl (C=O) groups excluding carboxylic acids is 1. The molecule has 1 aliphatic rings. The van der Waals surface area contributed by atoms with E-state index in [1.165, 1.54) is 19.3 Å². The summed E-state index contributed by atoms with van der Waals surface area (Å²) in [5, 5.41) is 6.91. The summed E-state index contributed by atoms with van der Waals surface area (Å²) in [5.41, 5.74) is 0.829. The zero-order chi connectivity index (χ0) is 16.5. The Hall–Kier alpha value is -2.04. The maximum Gasteiger partial charge on any atom is 0.261 e. The number of ether oxygens (including phenoxy) is 1. The maximum absolute atomic E-state index is 11.9. The molecule has 0 heterocycles. The van der Waals surface area contributed by atoms with Crippen LogP contribution < -0.4 is 10.1 Å². The first-order valence-electron chi connectivity index (χ1n) is 8.37. The number of hydrogen-bond donors (Lipinski definition) is 1. The predicted octanol–water partition coefficient (Wildman–Crippen LogP) is 3.13. The number of rotatable bonds is 7. The fraction of sp³-hybridized carbons (Fsp3) is 0.556. The van der Waals surface area contributed by atoms with E-state index < -0.39 is 0 Å². The number of amides is 1. The summed E-state index contributed by atoms with van der Waals surface area (Å²) in [6.45, 7) is 4.65. The SMILES string of the molecule is CCOc1ccccc1/C=N\OCC(=O)N[C@@H]1CCCC[C@H]1C. The summed E-state index contributed by atoms with van der Waals surface area (Å²) in [7, 11) is 0. The van der Waals surface area contributed by atoms with Gasteiger partial charge in [0.1, 0.15) is 5.75 Å². The third kappa shape index (κ3) is 5.58. The van der Waals surface area contributed by atoms with E-state index in [2.05, 4.69) is 17.4 Å². The number of benzene rings is 1. The van der Waals surface area contributed by atoms with Crippen LogP contribution in [0.2, 0.25) is 0 Å². The lowest BCUT2D eigenvalue weighted by Crippen LogP contribution is -2.42. The van der Waals surface area contributed by atoms with E-state index in [1.54, 1.807) is 6.21 Å². The fourth-order valence-corrected chi connectivity index (χ4v) is 2.84. The number of hydrogen-bond acceptors (Lipinski definition) is 4. The lowest BCUT2D eigenvalue weighted by atomic mass is 9.86. The molecule has 1 fully saturated rings. The zero-order valence-corrected chi connectivity index (χ0v) is 14.0. The van der Waals surface area contributed by atoms with Crippen molar-refractivity contribution in [3.05, 3.63) is 29.8 Å². The molecule has 5 heteroatoms. The minimum Gasteiger partial charge on any atom is -0.493 e. The van der Waals surface area contributed by atoms with Crippen molar-refractivity contribution < 1.29 is 14.4 Å². The molecule has 2 atom stereocenters. The average Bonchev–Trinajstić information content (AvgIpc) is 2.55. The van der Waals surface area contributed by atoms with E-state index in [0.29, 0.717) is 12.5 Å². The summed E-state index contributed by atoms with van der Waals surface area (Å²) < 4.78 is 5.50. The van der Waals surface area contributed by atoms with Crippen molar-refractivity contribution in [2.24, 2.45) is 11.1 Å². The second kappa shape index (κ2) is 9.18. The van der Waals surface area contributed by atoms with E-state index in [4.69, 9.17) is 9.57 Å². The molecule has 1 aromatic rings. The Bertz CT molecular complexity index is 531. The van der Waals surface area contributed by atoms with Gasteiger partial charge in [0.2, 0.25) is 0 Å². The van der Waals surface area contributed by atoms with E-state index in [-0.39, 0.29) is 18.6 Å². The summed E-state index contributed by atoms with van der Waals surface area (Å²) >= 11 is 0. The molecule has 1 amide bonds. The number of para-hydroxylation sites is 1. The fourth-order valence-electron chi connectivity index (χ4n) is 2.84. The Morgan fingerprint density at radius 2 is 2.13 bits per heavy atom. The molecule has 0 unspecified atom stereocenters. The maximum atomic E-state index is 11.9. The van der Waals surface area contributed by atoms with Crippen molar-refractivity contribution in [3.8, 4) is 5.75 Å². The summed E-state index contributed by atoms with van der Waals surface area (Å²) in [4.78, 5) is 17.0. The van der Waals surface area contributed by atoms with Crippen LogP contribution >= 0.6 is 0 Å². The van der Waals surface area contributed by atoms with Crippen molar-refractivity contribution in [1.82, 2.24) is 5.32 Å². The second-order valence-electron chi connectivity index (χ2n) is 5.91. The van der Waals surface area contributed by atoms with Gasteiger partial charge in [0, 0.05) is 11.6 Å².